The summed E-state index contributed by atoms with van der Waals surface area (Å²) in [6, 6.07) is 10.9. The molecule has 2 heterocycles. The second-order valence-electron chi connectivity index (χ2n) is 5.00. The van der Waals surface area contributed by atoms with E-state index in [4.69, 9.17) is 0 Å². The van der Waals surface area contributed by atoms with E-state index in [1.54, 1.807) is 31.3 Å². The molecule has 0 radical (unpaired) electrons. The molecule has 1 N–H and O–H groups in total. The summed E-state index contributed by atoms with van der Waals surface area (Å²) in [5.74, 6) is -0.279. The first-order valence-electron chi connectivity index (χ1n) is 7.02. The van der Waals surface area contributed by atoms with Gasteiger partial charge in [-0.05, 0) is 18.2 Å². The molecule has 3 aromatic rings. The summed E-state index contributed by atoms with van der Waals surface area (Å²) in [4.78, 5) is 24.4. The molecule has 1 aromatic carbocycles. The van der Waals surface area contributed by atoms with Gasteiger partial charge in [-0.1, -0.05) is 18.2 Å². The quantitative estimate of drug-likeness (QED) is 0.785. The maximum absolute atomic E-state index is 12.4. The molecule has 0 saturated heterocycles. The number of benzene rings is 1. The smallest absolute Gasteiger partial charge is 0.274 e. The average Bonchev–Trinajstić information content (AvgIpc) is 3.04. The predicted molar refractivity (Wildman–Crippen MR) is 83.7 cm³/mol. The van der Waals surface area contributed by atoms with Crippen LogP contribution < -0.4 is 10.9 Å². The van der Waals surface area contributed by atoms with Crippen molar-refractivity contribution in [1.29, 1.82) is 0 Å². The van der Waals surface area contributed by atoms with Crippen LogP contribution in [0.4, 0.5) is 0 Å². The molecule has 112 valence electrons. The molecule has 22 heavy (non-hydrogen) atoms. The highest BCUT2D eigenvalue weighted by atomic mass is 16.2. The largest absolute Gasteiger partial charge is 0.353 e. The van der Waals surface area contributed by atoms with Crippen LogP contribution in [0.3, 0.4) is 0 Å². The summed E-state index contributed by atoms with van der Waals surface area (Å²) in [7, 11) is 1.55. The number of aryl methyl sites for hydroxylation is 1. The van der Waals surface area contributed by atoms with Crippen LogP contribution in [0.25, 0.3) is 10.8 Å². The summed E-state index contributed by atoms with van der Waals surface area (Å²) in [5.41, 5.74) is 0.0599. The molecule has 6 nitrogen and oxygen atoms in total. The third-order valence-corrected chi connectivity index (χ3v) is 3.49. The third kappa shape index (κ3) is 2.63. The highest BCUT2D eigenvalue weighted by Crippen LogP contribution is 2.12. The van der Waals surface area contributed by atoms with Gasteiger partial charge in [0.2, 0.25) is 0 Å². The molecule has 0 atom stereocenters. The van der Waals surface area contributed by atoms with E-state index >= 15 is 0 Å². The van der Waals surface area contributed by atoms with Gasteiger partial charge in [0.05, 0.1) is 5.39 Å². The van der Waals surface area contributed by atoms with Crippen molar-refractivity contribution >= 4 is 16.7 Å². The van der Waals surface area contributed by atoms with Crippen LogP contribution in [0.2, 0.25) is 0 Å². The minimum atomic E-state index is -0.279. The molecule has 0 saturated carbocycles. The Morgan fingerprint density at radius 3 is 2.55 bits per heavy atom. The Bertz CT molecular complexity index is 865. The van der Waals surface area contributed by atoms with Crippen LogP contribution >= 0.6 is 0 Å². The fourth-order valence-corrected chi connectivity index (χ4v) is 2.37. The number of carbonyl (C=O) groups is 1. The zero-order valence-electron chi connectivity index (χ0n) is 12.2. The Labute approximate surface area is 127 Å². The predicted octanol–water partition coefficient (Wildman–Crippen LogP) is 1.16. The Morgan fingerprint density at radius 1 is 1.14 bits per heavy atom. The van der Waals surface area contributed by atoms with Crippen LogP contribution in [0.5, 0.6) is 0 Å². The van der Waals surface area contributed by atoms with Crippen molar-refractivity contribution < 1.29 is 4.79 Å². The van der Waals surface area contributed by atoms with Gasteiger partial charge < -0.3 is 9.88 Å². The standard InChI is InChI=1S/C16H16N4O2/c1-19-16(22)13-7-3-2-6-12(13)14(18-19)15(21)17-8-11-20-9-4-5-10-20/h2-7,9-10H,8,11H2,1H3,(H,17,21). The van der Waals surface area contributed by atoms with Crippen LogP contribution in [0.15, 0.2) is 53.6 Å². The lowest BCUT2D eigenvalue weighted by atomic mass is 10.1. The zero-order chi connectivity index (χ0) is 15.5. The van der Waals surface area contributed by atoms with Crippen LogP contribution in [0, 0.1) is 0 Å². The number of hydrogen-bond acceptors (Lipinski definition) is 3. The highest BCUT2D eigenvalue weighted by Gasteiger charge is 2.14. The molecule has 3 rings (SSSR count). The molecule has 0 fully saturated rings. The SMILES string of the molecule is Cn1nc(C(=O)NCCn2cccc2)c2ccccc2c1=O. The molecular formula is C16H16N4O2. The van der Waals surface area contributed by atoms with Crippen molar-refractivity contribution in [2.45, 2.75) is 6.54 Å². The van der Waals surface area contributed by atoms with E-state index < -0.39 is 0 Å². The van der Waals surface area contributed by atoms with E-state index in [1.807, 2.05) is 29.1 Å². The number of fused-ring (bicyclic) bond motifs is 1. The molecular weight excluding hydrogens is 280 g/mol. The molecule has 0 aliphatic heterocycles. The number of nitrogens with zero attached hydrogens (tertiary/aromatic N) is 3. The van der Waals surface area contributed by atoms with Gasteiger partial charge in [0.25, 0.3) is 11.5 Å². The Balaban J connectivity index is 1.84. The van der Waals surface area contributed by atoms with Crippen LogP contribution in [-0.2, 0) is 13.6 Å². The fraction of sp³-hybridized carbons (Fsp3) is 0.188. The van der Waals surface area contributed by atoms with Crippen molar-refractivity contribution in [2.24, 2.45) is 7.05 Å². The maximum Gasteiger partial charge on any atom is 0.274 e. The molecule has 0 unspecified atom stereocenters. The summed E-state index contributed by atoms with van der Waals surface area (Å²) >= 11 is 0. The number of hydrogen-bond donors (Lipinski definition) is 1. The topological polar surface area (TPSA) is 68.9 Å². The van der Waals surface area contributed by atoms with Gasteiger partial charge in [0.15, 0.2) is 5.69 Å². The lowest BCUT2D eigenvalue weighted by molar-refractivity contribution is 0.0947. The average molecular weight is 296 g/mol. The minimum absolute atomic E-state index is 0.209. The summed E-state index contributed by atoms with van der Waals surface area (Å²) in [6.45, 7) is 1.18. The number of amides is 1. The third-order valence-electron chi connectivity index (χ3n) is 3.49. The van der Waals surface area contributed by atoms with Gasteiger partial charge in [-0.15, -0.1) is 0 Å². The Hall–Kier alpha value is -2.89. The molecule has 0 aliphatic carbocycles. The normalized spacial score (nSPS) is 10.8. The van der Waals surface area contributed by atoms with E-state index in [0.717, 1.165) is 0 Å². The summed E-state index contributed by atoms with van der Waals surface area (Å²) in [5, 5.41) is 8.01. The lowest BCUT2D eigenvalue weighted by Crippen LogP contribution is -2.31. The second kappa shape index (κ2) is 5.85. The minimum Gasteiger partial charge on any atom is -0.353 e. The van der Waals surface area contributed by atoms with Gasteiger partial charge in [-0.25, -0.2) is 4.68 Å². The summed E-state index contributed by atoms with van der Waals surface area (Å²) in [6.07, 6.45) is 3.87. The van der Waals surface area contributed by atoms with Gasteiger partial charge in [0.1, 0.15) is 0 Å². The lowest BCUT2D eigenvalue weighted by Gasteiger charge is -2.09. The van der Waals surface area contributed by atoms with Crippen molar-refractivity contribution in [2.75, 3.05) is 6.54 Å². The van der Waals surface area contributed by atoms with E-state index in [-0.39, 0.29) is 17.2 Å². The van der Waals surface area contributed by atoms with E-state index in [0.29, 0.717) is 23.9 Å². The molecule has 2 aromatic heterocycles. The number of rotatable bonds is 4. The summed E-state index contributed by atoms with van der Waals surface area (Å²) < 4.78 is 3.18. The van der Waals surface area contributed by atoms with Crippen molar-refractivity contribution in [3.8, 4) is 0 Å². The maximum atomic E-state index is 12.4. The van der Waals surface area contributed by atoms with E-state index in [2.05, 4.69) is 10.4 Å². The van der Waals surface area contributed by atoms with Gasteiger partial charge in [-0.3, -0.25) is 9.59 Å². The molecule has 0 aliphatic rings. The molecule has 1 amide bonds. The Morgan fingerprint density at radius 2 is 1.82 bits per heavy atom. The van der Waals surface area contributed by atoms with Crippen molar-refractivity contribution in [3.63, 3.8) is 0 Å². The second-order valence-corrected chi connectivity index (χ2v) is 5.00. The monoisotopic (exact) mass is 296 g/mol. The number of nitrogens with one attached hydrogen (secondary N) is 1. The molecule has 6 heteroatoms. The zero-order valence-corrected chi connectivity index (χ0v) is 12.2. The van der Waals surface area contributed by atoms with Crippen molar-refractivity contribution in [1.82, 2.24) is 19.7 Å². The van der Waals surface area contributed by atoms with Gasteiger partial charge in [-0.2, -0.15) is 5.10 Å². The first-order chi connectivity index (χ1) is 10.7. The fourth-order valence-electron chi connectivity index (χ4n) is 2.37. The van der Waals surface area contributed by atoms with Crippen LogP contribution in [-0.4, -0.2) is 26.8 Å². The van der Waals surface area contributed by atoms with E-state index in [1.165, 1.54) is 4.68 Å². The molecule has 0 bridgehead atoms. The van der Waals surface area contributed by atoms with Gasteiger partial charge >= 0.3 is 0 Å². The Kier molecular flexibility index (Phi) is 3.74. The highest BCUT2D eigenvalue weighted by molar-refractivity contribution is 6.04. The molecule has 0 spiro atoms. The van der Waals surface area contributed by atoms with Crippen molar-refractivity contribution in [3.05, 3.63) is 64.8 Å². The first kappa shape index (κ1) is 14.1. The van der Waals surface area contributed by atoms with Gasteiger partial charge in [0, 0.05) is 37.9 Å². The first-order valence-corrected chi connectivity index (χ1v) is 7.02. The van der Waals surface area contributed by atoms with Crippen LogP contribution in [0.1, 0.15) is 10.5 Å². The number of aromatic nitrogens is 3. The van der Waals surface area contributed by atoms with E-state index in [9.17, 15) is 9.59 Å². The number of carbonyl (C=O) groups excluding carboxylic acids is 1.